The normalized spacial score (nSPS) is 20.1. The SMILES string of the molecule is CCOc1cccc(-n2nnnc2N2C[C@@H]3[C@H](C2)[C@@H]3N(C)c2nc(-c3ccncc3F)cc(=O)n2C)c1. The monoisotopic (exact) mass is 503 g/mol. The zero-order valence-electron chi connectivity index (χ0n) is 20.7. The minimum atomic E-state index is -0.514. The van der Waals surface area contributed by atoms with Crippen molar-refractivity contribution in [2.75, 3.05) is 36.5 Å². The third-order valence-electron chi connectivity index (χ3n) is 7.18. The van der Waals surface area contributed by atoms with Crippen LogP contribution in [0.15, 0.2) is 53.6 Å². The van der Waals surface area contributed by atoms with Crippen molar-refractivity contribution < 1.29 is 9.13 Å². The van der Waals surface area contributed by atoms with Crippen LogP contribution >= 0.6 is 0 Å². The number of aromatic nitrogens is 7. The lowest BCUT2D eigenvalue weighted by Gasteiger charge is -2.26. The molecule has 11 nitrogen and oxygen atoms in total. The molecule has 0 N–H and O–H groups in total. The predicted octanol–water partition coefficient (Wildman–Crippen LogP) is 1.93. The zero-order valence-corrected chi connectivity index (χ0v) is 20.7. The number of hydrogen-bond acceptors (Lipinski definition) is 9. The Labute approximate surface area is 212 Å². The average molecular weight is 504 g/mol. The highest BCUT2D eigenvalue weighted by Gasteiger charge is 2.59. The van der Waals surface area contributed by atoms with Gasteiger partial charge in [-0.2, -0.15) is 4.68 Å². The first-order chi connectivity index (χ1) is 18.0. The van der Waals surface area contributed by atoms with Crippen molar-refractivity contribution in [3.63, 3.8) is 0 Å². The fourth-order valence-corrected chi connectivity index (χ4v) is 5.35. The summed E-state index contributed by atoms with van der Waals surface area (Å²) in [7, 11) is 3.62. The van der Waals surface area contributed by atoms with E-state index in [1.807, 2.05) is 43.1 Å². The molecule has 4 heterocycles. The van der Waals surface area contributed by atoms with E-state index in [1.54, 1.807) is 11.7 Å². The van der Waals surface area contributed by atoms with Crippen LogP contribution in [0.2, 0.25) is 0 Å². The van der Waals surface area contributed by atoms with E-state index in [0.717, 1.165) is 30.7 Å². The molecular weight excluding hydrogens is 477 g/mol. The number of ether oxygens (including phenoxy) is 1. The van der Waals surface area contributed by atoms with Gasteiger partial charge in [0.15, 0.2) is 5.82 Å². The molecule has 1 saturated carbocycles. The van der Waals surface area contributed by atoms with Crippen molar-refractivity contribution in [1.29, 1.82) is 0 Å². The number of rotatable bonds is 7. The molecule has 190 valence electrons. The van der Waals surface area contributed by atoms with E-state index in [9.17, 15) is 9.18 Å². The number of nitrogens with zero attached hydrogens (tertiary/aromatic N) is 9. The number of tetrazole rings is 1. The van der Waals surface area contributed by atoms with Gasteiger partial charge in [0.2, 0.25) is 11.9 Å². The van der Waals surface area contributed by atoms with Crippen LogP contribution in [-0.2, 0) is 7.05 Å². The fourth-order valence-electron chi connectivity index (χ4n) is 5.35. The molecule has 37 heavy (non-hydrogen) atoms. The van der Waals surface area contributed by atoms with E-state index >= 15 is 0 Å². The van der Waals surface area contributed by atoms with Gasteiger partial charge >= 0.3 is 0 Å². The van der Waals surface area contributed by atoms with Gasteiger partial charge in [-0.3, -0.25) is 14.3 Å². The van der Waals surface area contributed by atoms with Crippen LogP contribution in [-0.4, -0.2) is 67.5 Å². The Kier molecular flexibility index (Phi) is 5.58. The number of anilines is 2. The van der Waals surface area contributed by atoms with Crippen LogP contribution in [0, 0.1) is 17.7 Å². The molecular formula is C25H26FN9O2. The second-order valence-electron chi connectivity index (χ2n) is 9.35. The van der Waals surface area contributed by atoms with E-state index in [-0.39, 0.29) is 17.2 Å². The molecule has 3 aromatic heterocycles. The van der Waals surface area contributed by atoms with Crippen molar-refractivity contribution in [2.45, 2.75) is 13.0 Å². The fraction of sp³-hybridized carbons (Fsp3) is 0.360. The van der Waals surface area contributed by atoms with E-state index in [4.69, 9.17) is 4.74 Å². The van der Waals surface area contributed by atoms with Gasteiger partial charge in [0, 0.05) is 69.0 Å². The van der Waals surface area contributed by atoms with Gasteiger partial charge in [-0.25, -0.2) is 9.37 Å². The molecule has 0 amide bonds. The van der Waals surface area contributed by atoms with Gasteiger partial charge in [-0.1, -0.05) is 11.2 Å². The standard InChI is InChI=1S/C25H26FN9O2/c1-4-37-16-7-5-6-15(10-16)35-25(29-30-31-35)34-13-18-19(14-34)23(18)33(3)24-28-21(11-22(36)32(24)2)17-8-9-27-12-20(17)26/h5-12,18-19,23H,4,13-14H2,1-3H3/t18-,19+,23-. The van der Waals surface area contributed by atoms with Gasteiger partial charge in [0.1, 0.15) is 5.75 Å². The topological polar surface area (TPSA) is 107 Å². The number of hydrogen-bond donors (Lipinski definition) is 0. The van der Waals surface area contributed by atoms with E-state index < -0.39 is 5.82 Å². The molecule has 0 unspecified atom stereocenters. The van der Waals surface area contributed by atoms with Gasteiger partial charge in [-0.15, -0.1) is 0 Å². The summed E-state index contributed by atoms with van der Waals surface area (Å²) in [5.41, 5.74) is 1.14. The molecule has 1 aliphatic heterocycles. The number of pyridine rings is 1. The first kappa shape index (κ1) is 23.1. The summed E-state index contributed by atoms with van der Waals surface area (Å²) >= 11 is 0. The van der Waals surface area contributed by atoms with Crippen LogP contribution in [0.5, 0.6) is 5.75 Å². The molecule has 0 bridgehead atoms. The third kappa shape index (κ3) is 3.98. The maximum absolute atomic E-state index is 14.3. The Balaban J connectivity index is 1.21. The Bertz CT molecular complexity index is 1510. The summed E-state index contributed by atoms with van der Waals surface area (Å²) in [5, 5.41) is 12.4. The molecule has 12 heteroatoms. The molecule has 1 saturated heterocycles. The summed E-state index contributed by atoms with van der Waals surface area (Å²) in [6.07, 6.45) is 2.61. The third-order valence-corrected chi connectivity index (χ3v) is 7.18. The molecule has 2 fully saturated rings. The Morgan fingerprint density at radius 2 is 2.00 bits per heavy atom. The van der Waals surface area contributed by atoms with Crippen LogP contribution < -0.4 is 20.1 Å². The number of piperidine rings is 1. The van der Waals surface area contributed by atoms with Crippen LogP contribution in [0.25, 0.3) is 16.9 Å². The minimum absolute atomic E-state index is 0.206. The smallest absolute Gasteiger partial charge is 0.255 e. The number of benzene rings is 1. The highest BCUT2D eigenvalue weighted by molar-refractivity contribution is 5.61. The quantitative estimate of drug-likeness (QED) is 0.374. The highest BCUT2D eigenvalue weighted by atomic mass is 19.1. The van der Waals surface area contributed by atoms with Crippen molar-refractivity contribution >= 4 is 11.9 Å². The lowest BCUT2D eigenvalue weighted by molar-refractivity contribution is 0.340. The second kappa shape index (κ2) is 8.95. The maximum Gasteiger partial charge on any atom is 0.255 e. The molecule has 3 atom stereocenters. The van der Waals surface area contributed by atoms with E-state index in [0.29, 0.717) is 36.0 Å². The lowest BCUT2D eigenvalue weighted by Crippen LogP contribution is -2.37. The lowest BCUT2D eigenvalue weighted by atomic mass is 10.2. The summed E-state index contributed by atoms with van der Waals surface area (Å²) < 4.78 is 23.2. The summed E-state index contributed by atoms with van der Waals surface area (Å²) in [5.74, 6) is 2.16. The van der Waals surface area contributed by atoms with Gasteiger partial charge < -0.3 is 14.5 Å². The van der Waals surface area contributed by atoms with Crippen LogP contribution in [0.3, 0.4) is 0 Å². The average Bonchev–Trinajstić information content (AvgIpc) is 3.23. The summed E-state index contributed by atoms with van der Waals surface area (Å²) in [6.45, 7) is 4.08. The largest absolute Gasteiger partial charge is 0.494 e. The first-order valence-electron chi connectivity index (χ1n) is 12.1. The van der Waals surface area contributed by atoms with E-state index in [1.165, 1.54) is 22.9 Å². The van der Waals surface area contributed by atoms with Crippen molar-refractivity contribution in [1.82, 2.24) is 34.7 Å². The molecule has 1 aliphatic carbocycles. The maximum atomic E-state index is 14.3. The van der Waals surface area contributed by atoms with Gasteiger partial charge in [0.25, 0.3) is 5.56 Å². The van der Waals surface area contributed by atoms with Gasteiger partial charge in [-0.05, 0) is 35.5 Å². The zero-order chi connectivity index (χ0) is 25.7. The number of fused-ring (bicyclic) bond motifs is 1. The Hall–Kier alpha value is -4.35. The molecule has 2 aliphatic rings. The van der Waals surface area contributed by atoms with Gasteiger partial charge in [0.05, 0.1) is 24.2 Å². The molecule has 4 aromatic rings. The molecule has 0 radical (unpaired) electrons. The molecule has 0 spiro atoms. The molecule has 1 aromatic carbocycles. The van der Waals surface area contributed by atoms with Crippen molar-refractivity contribution in [3.8, 4) is 22.7 Å². The highest BCUT2D eigenvalue weighted by Crippen LogP contribution is 2.50. The van der Waals surface area contributed by atoms with Crippen molar-refractivity contribution in [2.24, 2.45) is 18.9 Å². The van der Waals surface area contributed by atoms with E-state index in [2.05, 4.69) is 30.4 Å². The summed E-state index contributed by atoms with van der Waals surface area (Å²) in [6, 6.07) is 10.8. The predicted molar refractivity (Wildman–Crippen MR) is 134 cm³/mol. The minimum Gasteiger partial charge on any atom is -0.494 e. The van der Waals surface area contributed by atoms with Crippen molar-refractivity contribution in [3.05, 3.63) is 65.0 Å². The number of halogens is 1. The Morgan fingerprint density at radius 3 is 2.76 bits per heavy atom. The van der Waals surface area contributed by atoms with Crippen LogP contribution in [0.4, 0.5) is 16.3 Å². The summed E-state index contributed by atoms with van der Waals surface area (Å²) in [4.78, 5) is 25.4. The second-order valence-corrected chi connectivity index (χ2v) is 9.35. The first-order valence-corrected chi connectivity index (χ1v) is 12.1. The molecule has 6 rings (SSSR count). The van der Waals surface area contributed by atoms with Crippen LogP contribution in [0.1, 0.15) is 6.92 Å². The Morgan fingerprint density at radius 1 is 1.19 bits per heavy atom.